The van der Waals surface area contributed by atoms with E-state index < -0.39 is 0 Å². The third-order valence-corrected chi connectivity index (χ3v) is 3.31. The number of nitrogens with zero attached hydrogens (tertiary/aromatic N) is 1. The number of carbonyl (C=O) groups excluding carboxylic acids is 1. The van der Waals surface area contributed by atoms with Crippen LogP contribution in [0.15, 0.2) is 29.3 Å². The second-order valence-corrected chi connectivity index (χ2v) is 6.06. The molecule has 0 bridgehead atoms. The number of amides is 2. The maximum atomic E-state index is 11.6. The first-order valence-electron chi connectivity index (χ1n) is 8.28. The fraction of sp³-hybridized carbons (Fsp3) is 0.529. The van der Waals surface area contributed by atoms with Crippen molar-refractivity contribution < 1.29 is 4.79 Å². The Morgan fingerprint density at radius 2 is 1.92 bits per heavy atom. The van der Waals surface area contributed by atoms with Gasteiger partial charge in [0.05, 0.1) is 6.54 Å². The molecule has 6 nitrogen and oxygen atoms in total. The molecule has 1 aliphatic carbocycles. The lowest BCUT2D eigenvalue weighted by molar-refractivity contribution is 0.250. The Morgan fingerprint density at radius 3 is 2.46 bits per heavy atom. The Kier molecular flexibility index (Phi) is 8.88. The fourth-order valence-electron chi connectivity index (χ4n) is 2.03. The average molecular weight is 445 g/mol. The molecule has 4 N–H and O–H groups in total. The van der Waals surface area contributed by atoms with E-state index in [9.17, 15) is 4.79 Å². The number of guanidine groups is 1. The minimum atomic E-state index is -0.186. The van der Waals surface area contributed by atoms with Gasteiger partial charge in [0.15, 0.2) is 5.96 Å². The van der Waals surface area contributed by atoms with Crippen LogP contribution in [0.3, 0.4) is 0 Å². The Hall–Kier alpha value is -1.51. The van der Waals surface area contributed by atoms with Crippen molar-refractivity contribution >= 4 is 41.7 Å². The molecular weight excluding hydrogens is 417 g/mol. The molecule has 1 saturated carbocycles. The van der Waals surface area contributed by atoms with Gasteiger partial charge in [0.2, 0.25) is 0 Å². The Morgan fingerprint density at radius 1 is 1.25 bits per heavy atom. The van der Waals surface area contributed by atoms with Crippen molar-refractivity contribution in [1.82, 2.24) is 16.0 Å². The normalized spacial score (nSPS) is 13.9. The van der Waals surface area contributed by atoms with Gasteiger partial charge in [-0.05, 0) is 51.3 Å². The van der Waals surface area contributed by atoms with Gasteiger partial charge >= 0.3 is 6.03 Å². The predicted octanol–water partition coefficient (Wildman–Crippen LogP) is 3.05. The van der Waals surface area contributed by atoms with Crippen LogP contribution in [0.25, 0.3) is 0 Å². The van der Waals surface area contributed by atoms with E-state index in [-0.39, 0.29) is 36.0 Å². The van der Waals surface area contributed by atoms with Gasteiger partial charge < -0.3 is 21.3 Å². The summed E-state index contributed by atoms with van der Waals surface area (Å²) in [4.78, 5) is 16.2. The highest BCUT2D eigenvalue weighted by atomic mass is 127. The summed E-state index contributed by atoms with van der Waals surface area (Å²) in [6.45, 7) is 7.39. The van der Waals surface area contributed by atoms with Crippen molar-refractivity contribution in [3.63, 3.8) is 0 Å². The molecule has 0 spiro atoms. The Labute approximate surface area is 161 Å². The molecule has 7 heteroatoms. The van der Waals surface area contributed by atoms with Crippen LogP contribution in [0.2, 0.25) is 0 Å². The first-order valence-corrected chi connectivity index (χ1v) is 8.28. The van der Waals surface area contributed by atoms with Gasteiger partial charge in [0.1, 0.15) is 0 Å². The highest BCUT2D eigenvalue weighted by molar-refractivity contribution is 14.0. The molecular formula is C17H28IN5O. The van der Waals surface area contributed by atoms with Crippen LogP contribution >= 0.6 is 24.0 Å². The van der Waals surface area contributed by atoms with Crippen LogP contribution in [-0.2, 0) is 6.54 Å². The zero-order chi connectivity index (χ0) is 16.7. The summed E-state index contributed by atoms with van der Waals surface area (Å²) in [6, 6.07) is 8.27. The largest absolute Gasteiger partial charge is 0.357 e. The number of hydrogen-bond donors (Lipinski definition) is 4. The summed E-state index contributed by atoms with van der Waals surface area (Å²) in [7, 11) is 0. The van der Waals surface area contributed by atoms with Crippen LogP contribution in [0.5, 0.6) is 0 Å². The van der Waals surface area contributed by atoms with E-state index in [1.54, 1.807) is 0 Å². The van der Waals surface area contributed by atoms with E-state index in [1.807, 2.05) is 38.1 Å². The predicted molar refractivity (Wildman–Crippen MR) is 110 cm³/mol. The molecule has 134 valence electrons. The molecule has 1 aromatic carbocycles. The number of benzene rings is 1. The summed E-state index contributed by atoms with van der Waals surface area (Å²) in [5.74, 6) is 0.869. The lowest BCUT2D eigenvalue weighted by Crippen LogP contribution is -2.38. The topological polar surface area (TPSA) is 77.5 Å². The highest BCUT2D eigenvalue weighted by Gasteiger charge is 2.21. The van der Waals surface area contributed by atoms with Crippen LogP contribution in [0.1, 0.15) is 39.2 Å². The Bertz CT molecular complexity index is 540. The van der Waals surface area contributed by atoms with Crippen molar-refractivity contribution in [2.45, 2.75) is 52.2 Å². The number of halogens is 1. The lowest BCUT2D eigenvalue weighted by Gasteiger charge is -2.11. The minimum absolute atomic E-state index is 0. The zero-order valence-electron chi connectivity index (χ0n) is 14.6. The number of rotatable bonds is 6. The summed E-state index contributed by atoms with van der Waals surface area (Å²) >= 11 is 0. The smallest absolute Gasteiger partial charge is 0.319 e. The highest BCUT2D eigenvalue weighted by Crippen LogP contribution is 2.18. The average Bonchev–Trinajstić information content (AvgIpc) is 3.29. The molecule has 2 amide bonds. The molecule has 1 aliphatic rings. The number of nitrogens with one attached hydrogen (secondary N) is 4. The van der Waals surface area contributed by atoms with Gasteiger partial charge in [-0.1, -0.05) is 12.1 Å². The molecule has 2 rings (SSSR count). The molecule has 24 heavy (non-hydrogen) atoms. The number of aliphatic imine (C=N–C) groups is 1. The molecule has 0 aliphatic heterocycles. The van der Waals surface area contributed by atoms with Gasteiger partial charge in [0, 0.05) is 24.3 Å². The summed E-state index contributed by atoms with van der Waals surface area (Å²) in [6.07, 6.45) is 2.45. The van der Waals surface area contributed by atoms with Crippen molar-refractivity contribution in [2.75, 3.05) is 11.9 Å². The quantitative estimate of drug-likeness (QED) is 0.309. The zero-order valence-corrected chi connectivity index (χ0v) is 16.9. The van der Waals surface area contributed by atoms with Crippen molar-refractivity contribution in [3.8, 4) is 0 Å². The lowest BCUT2D eigenvalue weighted by atomic mass is 10.2. The van der Waals surface area contributed by atoms with Gasteiger partial charge in [-0.2, -0.15) is 0 Å². The monoisotopic (exact) mass is 445 g/mol. The third-order valence-electron chi connectivity index (χ3n) is 3.31. The molecule has 0 radical (unpaired) electrons. The minimum Gasteiger partial charge on any atom is -0.357 e. The van der Waals surface area contributed by atoms with E-state index in [0.29, 0.717) is 12.6 Å². The first kappa shape index (κ1) is 20.5. The van der Waals surface area contributed by atoms with Crippen LogP contribution in [0, 0.1) is 0 Å². The molecule has 0 unspecified atom stereocenters. The van der Waals surface area contributed by atoms with Gasteiger partial charge in [-0.15, -0.1) is 24.0 Å². The first-order chi connectivity index (χ1) is 11.1. The van der Waals surface area contributed by atoms with Crippen LogP contribution in [0.4, 0.5) is 10.5 Å². The second kappa shape index (κ2) is 10.4. The fourth-order valence-corrected chi connectivity index (χ4v) is 2.03. The molecule has 0 heterocycles. The molecule has 0 atom stereocenters. The molecule has 0 saturated heterocycles. The van der Waals surface area contributed by atoms with E-state index in [4.69, 9.17) is 0 Å². The van der Waals surface area contributed by atoms with Gasteiger partial charge in [-0.3, -0.25) is 0 Å². The standard InChI is InChI=1S/C17H27N5O.HI/c1-4-18-16(21-14-9-10-14)19-11-13-5-7-15(8-6-13)22-17(23)20-12(2)3;/h5-8,12,14H,4,9-11H2,1-3H3,(H2,18,19,21)(H2,20,22,23);1H. The maximum absolute atomic E-state index is 11.6. The van der Waals surface area contributed by atoms with Crippen molar-refractivity contribution in [1.29, 1.82) is 0 Å². The number of urea groups is 1. The van der Waals surface area contributed by atoms with Crippen LogP contribution in [-0.4, -0.2) is 30.6 Å². The number of carbonyl (C=O) groups is 1. The van der Waals surface area contributed by atoms with E-state index in [1.165, 1.54) is 12.8 Å². The van der Waals surface area contributed by atoms with Crippen molar-refractivity contribution in [2.24, 2.45) is 4.99 Å². The second-order valence-electron chi connectivity index (χ2n) is 6.06. The van der Waals surface area contributed by atoms with Crippen molar-refractivity contribution in [3.05, 3.63) is 29.8 Å². The van der Waals surface area contributed by atoms with E-state index in [0.717, 1.165) is 23.8 Å². The molecule has 1 aromatic rings. The van der Waals surface area contributed by atoms with Gasteiger partial charge in [0.25, 0.3) is 0 Å². The van der Waals surface area contributed by atoms with E-state index >= 15 is 0 Å². The molecule has 1 fully saturated rings. The Balaban J connectivity index is 0.00000288. The molecule has 0 aromatic heterocycles. The summed E-state index contributed by atoms with van der Waals surface area (Å²) in [5, 5.41) is 12.2. The third kappa shape index (κ3) is 7.85. The van der Waals surface area contributed by atoms with E-state index in [2.05, 4.69) is 33.2 Å². The van der Waals surface area contributed by atoms with Gasteiger partial charge in [-0.25, -0.2) is 9.79 Å². The number of hydrogen-bond acceptors (Lipinski definition) is 2. The SMILES string of the molecule is CCNC(=NCc1ccc(NC(=O)NC(C)C)cc1)NC1CC1.I. The number of anilines is 1. The van der Waals surface area contributed by atoms with Crippen LogP contribution < -0.4 is 21.3 Å². The maximum Gasteiger partial charge on any atom is 0.319 e. The summed E-state index contributed by atoms with van der Waals surface area (Å²) in [5.41, 5.74) is 1.88. The summed E-state index contributed by atoms with van der Waals surface area (Å²) < 4.78 is 0.